The van der Waals surface area contributed by atoms with E-state index >= 15 is 0 Å². The Hall–Kier alpha value is -2.19. The number of benzene rings is 3. The Morgan fingerprint density at radius 2 is 1.75 bits per heavy atom. The number of rotatable bonds is 8. The SMILES string of the molecule is Cc1cccc(CN(CC(=O)N[C@@H](C)c2cccc(Br)c2)S(=O)(=O)c2ccc(Cl)cc2)c1. The van der Waals surface area contributed by atoms with Gasteiger partial charge in [-0.1, -0.05) is 69.5 Å². The normalized spacial score (nSPS) is 12.5. The molecule has 3 aromatic carbocycles. The van der Waals surface area contributed by atoms with Gasteiger partial charge in [0.25, 0.3) is 0 Å². The Morgan fingerprint density at radius 1 is 1.06 bits per heavy atom. The molecule has 1 amide bonds. The van der Waals surface area contributed by atoms with E-state index in [-0.39, 0.29) is 29.9 Å². The van der Waals surface area contributed by atoms with Crippen LogP contribution in [0.15, 0.2) is 82.2 Å². The lowest BCUT2D eigenvalue weighted by atomic mass is 10.1. The average Bonchev–Trinajstić information content (AvgIpc) is 2.73. The van der Waals surface area contributed by atoms with Crippen LogP contribution in [0.3, 0.4) is 0 Å². The first-order valence-corrected chi connectivity index (χ1v) is 12.6. The number of carbonyl (C=O) groups excluding carboxylic acids is 1. The lowest BCUT2D eigenvalue weighted by molar-refractivity contribution is -0.122. The van der Waals surface area contributed by atoms with Crippen LogP contribution < -0.4 is 5.32 Å². The van der Waals surface area contributed by atoms with Gasteiger partial charge in [-0.25, -0.2) is 8.42 Å². The monoisotopic (exact) mass is 534 g/mol. The number of aryl methyl sites for hydroxylation is 1. The van der Waals surface area contributed by atoms with Crippen molar-refractivity contribution in [1.29, 1.82) is 0 Å². The van der Waals surface area contributed by atoms with Gasteiger partial charge in [-0.15, -0.1) is 0 Å². The number of carbonyl (C=O) groups is 1. The molecule has 0 aliphatic heterocycles. The van der Waals surface area contributed by atoms with Crippen molar-refractivity contribution in [2.24, 2.45) is 0 Å². The Bertz CT molecular complexity index is 1200. The van der Waals surface area contributed by atoms with Crippen molar-refractivity contribution in [3.63, 3.8) is 0 Å². The Morgan fingerprint density at radius 3 is 2.41 bits per heavy atom. The van der Waals surface area contributed by atoms with E-state index in [1.807, 2.05) is 62.4 Å². The van der Waals surface area contributed by atoms with Crippen molar-refractivity contribution in [2.45, 2.75) is 31.3 Å². The molecule has 0 bridgehead atoms. The minimum absolute atomic E-state index is 0.0747. The van der Waals surface area contributed by atoms with E-state index < -0.39 is 10.0 Å². The molecule has 0 saturated heterocycles. The van der Waals surface area contributed by atoms with Crippen LogP contribution in [0.2, 0.25) is 5.02 Å². The van der Waals surface area contributed by atoms with Crippen LogP contribution in [0, 0.1) is 6.92 Å². The third kappa shape index (κ3) is 6.42. The van der Waals surface area contributed by atoms with Crippen molar-refractivity contribution < 1.29 is 13.2 Å². The minimum atomic E-state index is -3.92. The highest BCUT2D eigenvalue weighted by atomic mass is 79.9. The van der Waals surface area contributed by atoms with Crippen molar-refractivity contribution >= 4 is 43.5 Å². The second-order valence-corrected chi connectivity index (χ2v) is 10.9. The number of nitrogens with zero attached hydrogens (tertiary/aromatic N) is 1. The lowest BCUT2D eigenvalue weighted by Crippen LogP contribution is -2.41. The van der Waals surface area contributed by atoms with Gasteiger partial charge in [0.15, 0.2) is 0 Å². The number of hydrogen-bond donors (Lipinski definition) is 1. The topological polar surface area (TPSA) is 66.5 Å². The molecular formula is C24H24BrClN2O3S. The minimum Gasteiger partial charge on any atom is -0.348 e. The van der Waals surface area contributed by atoms with Crippen molar-refractivity contribution in [3.8, 4) is 0 Å². The van der Waals surface area contributed by atoms with Gasteiger partial charge >= 0.3 is 0 Å². The van der Waals surface area contributed by atoms with Gasteiger partial charge in [0.05, 0.1) is 17.5 Å². The summed E-state index contributed by atoms with van der Waals surface area (Å²) in [6.07, 6.45) is 0. The van der Waals surface area contributed by atoms with E-state index in [1.54, 1.807) is 0 Å². The van der Waals surface area contributed by atoms with Crippen LogP contribution in [-0.4, -0.2) is 25.2 Å². The molecule has 0 heterocycles. The molecule has 168 valence electrons. The summed E-state index contributed by atoms with van der Waals surface area (Å²) in [5, 5.41) is 3.34. The van der Waals surface area contributed by atoms with Crippen LogP contribution in [0.1, 0.15) is 29.7 Å². The highest BCUT2D eigenvalue weighted by Crippen LogP contribution is 2.22. The summed E-state index contributed by atoms with van der Waals surface area (Å²) in [6.45, 7) is 3.56. The van der Waals surface area contributed by atoms with Gasteiger partial charge in [0.2, 0.25) is 15.9 Å². The van der Waals surface area contributed by atoms with E-state index in [2.05, 4.69) is 21.2 Å². The Balaban J connectivity index is 1.84. The maximum Gasteiger partial charge on any atom is 0.243 e. The predicted octanol–water partition coefficient (Wildman–Crippen LogP) is 5.48. The summed E-state index contributed by atoms with van der Waals surface area (Å²) in [5.74, 6) is -0.386. The fraction of sp³-hybridized carbons (Fsp3) is 0.208. The first kappa shape index (κ1) is 24.5. The molecule has 32 heavy (non-hydrogen) atoms. The largest absolute Gasteiger partial charge is 0.348 e. The Kier molecular flexibility index (Phi) is 8.11. The molecule has 1 N–H and O–H groups in total. The van der Waals surface area contributed by atoms with E-state index in [9.17, 15) is 13.2 Å². The number of sulfonamides is 1. The van der Waals surface area contributed by atoms with Crippen LogP contribution in [-0.2, 0) is 21.4 Å². The lowest BCUT2D eigenvalue weighted by Gasteiger charge is -2.23. The molecule has 0 aromatic heterocycles. The molecule has 3 aromatic rings. The summed E-state index contributed by atoms with van der Waals surface area (Å²) in [5.41, 5.74) is 2.73. The fourth-order valence-corrected chi connectivity index (χ4v) is 5.23. The predicted molar refractivity (Wildman–Crippen MR) is 131 cm³/mol. The fourth-order valence-electron chi connectivity index (χ4n) is 3.30. The maximum atomic E-state index is 13.4. The van der Waals surface area contributed by atoms with Crippen molar-refractivity contribution in [1.82, 2.24) is 9.62 Å². The van der Waals surface area contributed by atoms with Gasteiger partial charge < -0.3 is 5.32 Å². The summed E-state index contributed by atoms with van der Waals surface area (Å²) in [6, 6.07) is 20.8. The van der Waals surface area contributed by atoms with Gasteiger partial charge in [0, 0.05) is 16.0 Å². The van der Waals surface area contributed by atoms with Gasteiger partial charge in [-0.05, 0) is 61.4 Å². The molecule has 0 saturated carbocycles. The molecule has 0 aliphatic carbocycles. The standard InChI is InChI=1S/C24H24BrClN2O3S/c1-17-5-3-6-19(13-17)15-28(32(30,31)23-11-9-22(26)10-12-23)16-24(29)27-18(2)20-7-4-8-21(25)14-20/h3-14,18H,15-16H2,1-2H3,(H,27,29)/t18-/m0/s1. The van der Waals surface area contributed by atoms with E-state index in [1.165, 1.54) is 28.6 Å². The molecule has 0 fully saturated rings. The summed E-state index contributed by atoms with van der Waals surface area (Å²) in [4.78, 5) is 12.9. The molecule has 3 rings (SSSR count). The number of nitrogens with one attached hydrogen (secondary N) is 1. The summed E-state index contributed by atoms with van der Waals surface area (Å²) < 4.78 is 28.8. The van der Waals surface area contributed by atoms with Crippen LogP contribution in [0.4, 0.5) is 0 Å². The highest BCUT2D eigenvalue weighted by molar-refractivity contribution is 9.10. The van der Waals surface area contributed by atoms with Crippen LogP contribution in [0.5, 0.6) is 0 Å². The van der Waals surface area contributed by atoms with Gasteiger partial charge in [0.1, 0.15) is 0 Å². The second kappa shape index (κ2) is 10.6. The third-order valence-electron chi connectivity index (χ3n) is 4.94. The van der Waals surface area contributed by atoms with Gasteiger partial charge in [-0.3, -0.25) is 4.79 Å². The zero-order valence-corrected chi connectivity index (χ0v) is 20.9. The van der Waals surface area contributed by atoms with Crippen molar-refractivity contribution in [2.75, 3.05) is 6.54 Å². The number of amides is 1. The third-order valence-corrected chi connectivity index (χ3v) is 7.49. The second-order valence-electron chi connectivity index (χ2n) is 7.56. The molecule has 0 aliphatic rings. The first-order chi connectivity index (χ1) is 15.1. The molecule has 0 spiro atoms. The molecular weight excluding hydrogens is 512 g/mol. The zero-order chi connectivity index (χ0) is 23.3. The summed E-state index contributed by atoms with van der Waals surface area (Å²) >= 11 is 9.35. The van der Waals surface area contributed by atoms with E-state index in [0.717, 1.165) is 21.2 Å². The van der Waals surface area contributed by atoms with Gasteiger partial charge in [-0.2, -0.15) is 4.31 Å². The van der Waals surface area contributed by atoms with E-state index in [4.69, 9.17) is 11.6 Å². The van der Waals surface area contributed by atoms with Crippen LogP contribution >= 0.6 is 27.5 Å². The molecule has 1 atom stereocenters. The molecule has 8 heteroatoms. The quantitative estimate of drug-likeness (QED) is 0.415. The highest BCUT2D eigenvalue weighted by Gasteiger charge is 2.27. The van der Waals surface area contributed by atoms with Crippen molar-refractivity contribution in [3.05, 3.63) is 99.0 Å². The first-order valence-electron chi connectivity index (χ1n) is 10.0. The number of hydrogen-bond acceptors (Lipinski definition) is 3. The average molecular weight is 536 g/mol. The smallest absolute Gasteiger partial charge is 0.243 e. The summed E-state index contributed by atoms with van der Waals surface area (Å²) in [7, 11) is -3.92. The van der Waals surface area contributed by atoms with Crippen LogP contribution in [0.25, 0.3) is 0 Å². The molecule has 0 unspecified atom stereocenters. The molecule has 5 nitrogen and oxygen atoms in total. The maximum absolute atomic E-state index is 13.4. The Labute approximate surface area is 202 Å². The van der Waals surface area contributed by atoms with E-state index in [0.29, 0.717) is 5.02 Å². The zero-order valence-electron chi connectivity index (χ0n) is 17.8. The molecule has 0 radical (unpaired) electrons. The number of halogens is 2.